The molecule has 1 amide bonds. The Labute approximate surface area is 183 Å². The standard InChI is InChI=1S/C23H30ClNO5/c1-16(2)30-20-10-7-17(13-21(20)27-3)11-12-25-23(26)22(28-4)15-29-14-18-5-8-19(24)9-6-18/h5-10,13,16,22H,11-12,14-15H2,1-4H3,(H,25,26). The third-order valence-electron chi connectivity index (χ3n) is 4.33. The van der Waals surface area contributed by atoms with Crippen LogP contribution in [0.25, 0.3) is 0 Å². The highest BCUT2D eigenvalue weighted by Crippen LogP contribution is 2.29. The van der Waals surface area contributed by atoms with Crippen LogP contribution in [0.2, 0.25) is 5.02 Å². The molecular weight excluding hydrogens is 406 g/mol. The van der Waals surface area contributed by atoms with Crippen molar-refractivity contribution < 1.29 is 23.7 Å². The number of carbonyl (C=O) groups is 1. The molecule has 164 valence electrons. The molecule has 0 aromatic heterocycles. The molecule has 0 saturated carbocycles. The molecule has 0 saturated heterocycles. The first kappa shape index (κ1) is 24.0. The number of nitrogens with one attached hydrogen (secondary N) is 1. The molecule has 1 unspecified atom stereocenters. The Morgan fingerprint density at radius 1 is 1.03 bits per heavy atom. The molecule has 2 aromatic rings. The van der Waals surface area contributed by atoms with Crippen molar-refractivity contribution in [2.75, 3.05) is 27.4 Å². The van der Waals surface area contributed by atoms with E-state index in [2.05, 4.69) is 5.32 Å². The van der Waals surface area contributed by atoms with E-state index in [4.69, 9.17) is 30.5 Å². The average Bonchev–Trinajstić information content (AvgIpc) is 2.73. The molecule has 0 bridgehead atoms. The second-order valence-electron chi connectivity index (χ2n) is 7.06. The molecule has 0 heterocycles. The second-order valence-corrected chi connectivity index (χ2v) is 7.50. The smallest absolute Gasteiger partial charge is 0.251 e. The highest BCUT2D eigenvalue weighted by Gasteiger charge is 2.17. The van der Waals surface area contributed by atoms with Gasteiger partial charge in [0.05, 0.1) is 26.4 Å². The lowest BCUT2D eigenvalue weighted by molar-refractivity contribution is -0.135. The number of ether oxygens (including phenoxy) is 4. The van der Waals surface area contributed by atoms with Gasteiger partial charge in [-0.3, -0.25) is 4.79 Å². The molecule has 0 fully saturated rings. The van der Waals surface area contributed by atoms with Crippen LogP contribution in [-0.2, 0) is 27.3 Å². The number of hydrogen-bond donors (Lipinski definition) is 1. The fourth-order valence-electron chi connectivity index (χ4n) is 2.78. The number of halogens is 1. The van der Waals surface area contributed by atoms with Gasteiger partial charge in [0.25, 0.3) is 5.91 Å². The third-order valence-corrected chi connectivity index (χ3v) is 4.58. The van der Waals surface area contributed by atoms with Gasteiger partial charge in [-0.1, -0.05) is 29.8 Å². The van der Waals surface area contributed by atoms with Gasteiger partial charge < -0.3 is 24.3 Å². The van der Waals surface area contributed by atoms with E-state index < -0.39 is 6.10 Å². The Morgan fingerprint density at radius 2 is 1.73 bits per heavy atom. The SMILES string of the molecule is COc1cc(CCNC(=O)C(COCc2ccc(Cl)cc2)OC)ccc1OC(C)C. The van der Waals surface area contributed by atoms with E-state index in [1.54, 1.807) is 19.2 Å². The van der Waals surface area contributed by atoms with Gasteiger partial charge in [0.15, 0.2) is 17.6 Å². The van der Waals surface area contributed by atoms with Crippen molar-refractivity contribution in [2.45, 2.75) is 39.1 Å². The molecule has 0 aliphatic heterocycles. The van der Waals surface area contributed by atoms with Gasteiger partial charge in [0.1, 0.15) is 0 Å². The molecule has 0 radical (unpaired) electrons. The van der Waals surface area contributed by atoms with Crippen LogP contribution in [0, 0.1) is 0 Å². The minimum absolute atomic E-state index is 0.0666. The molecule has 6 nitrogen and oxygen atoms in total. The monoisotopic (exact) mass is 435 g/mol. The minimum atomic E-state index is -0.673. The number of amides is 1. The number of benzene rings is 2. The fraction of sp³-hybridized carbons (Fsp3) is 0.435. The van der Waals surface area contributed by atoms with Crippen LogP contribution in [0.5, 0.6) is 11.5 Å². The number of methoxy groups -OCH3 is 2. The zero-order valence-corrected chi connectivity index (χ0v) is 18.7. The van der Waals surface area contributed by atoms with E-state index in [9.17, 15) is 4.79 Å². The summed E-state index contributed by atoms with van der Waals surface area (Å²) in [6.07, 6.45) is 0.0529. The van der Waals surface area contributed by atoms with Crippen molar-refractivity contribution in [3.63, 3.8) is 0 Å². The second kappa shape index (κ2) is 12.4. The average molecular weight is 436 g/mol. The van der Waals surface area contributed by atoms with Gasteiger partial charge >= 0.3 is 0 Å². The molecular formula is C23H30ClNO5. The topological polar surface area (TPSA) is 66.0 Å². The lowest BCUT2D eigenvalue weighted by Gasteiger charge is -2.16. The summed E-state index contributed by atoms with van der Waals surface area (Å²) in [5.41, 5.74) is 2.02. The molecule has 2 aromatic carbocycles. The summed E-state index contributed by atoms with van der Waals surface area (Å²) >= 11 is 5.87. The lowest BCUT2D eigenvalue weighted by Crippen LogP contribution is -2.39. The van der Waals surface area contributed by atoms with Crippen LogP contribution in [0.4, 0.5) is 0 Å². The molecule has 0 spiro atoms. The summed E-state index contributed by atoms with van der Waals surface area (Å²) in [5, 5.41) is 3.56. The Bertz CT molecular complexity index is 795. The van der Waals surface area contributed by atoms with E-state index in [1.807, 2.05) is 44.2 Å². The van der Waals surface area contributed by atoms with Crippen molar-refractivity contribution >= 4 is 17.5 Å². The molecule has 1 N–H and O–H groups in total. The van der Waals surface area contributed by atoms with Crippen LogP contribution in [0.15, 0.2) is 42.5 Å². The van der Waals surface area contributed by atoms with Gasteiger partial charge in [-0.25, -0.2) is 0 Å². The minimum Gasteiger partial charge on any atom is -0.493 e. The Kier molecular flexibility index (Phi) is 9.94. The summed E-state index contributed by atoms with van der Waals surface area (Å²) in [6.45, 7) is 4.96. The maximum Gasteiger partial charge on any atom is 0.251 e. The molecule has 0 aliphatic carbocycles. The highest BCUT2D eigenvalue weighted by atomic mass is 35.5. The van der Waals surface area contributed by atoms with Crippen LogP contribution in [0.3, 0.4) is 0 Å². The number of rotatable bonds is 12. The van der Waals surface area contributed by atoms with Crippen LogP contribution < -0.4 is 14.8 Å². The fourth-order valence-corrected chi connectivity index (χ4v) is 2.90. The van der Waals surface area contributed by atoms with Crippen LogP contribution in [0.1, 0.15) is 25.0 Å². The van der Waals surface area contributed by atoms with Gasteiger partial charge in [0.2, 0.25) is 0 Å². The maximum absolute atomic E-state index is 12.4. The molecule has 2 rings (SSSR count). The first-order valence-electron chi connectivity index (χ1n) is 9.89. The van der Waals surface area contributed by atoms with Crippen molar-refractivity contribution in [1.82, 2.24) is 5.32 Å². The quantitative estimate of drug-likeness (QED) is 0.545. The van der Waals surface area contributed by atoms with Gasteiger partial charge in [-0.15, -0.1) is 0 Å². The summed E-state index contributed by atoms with van der Waals surface area (Å²) < 4.78 is 22.0. The van der Waals surface area contributed by atoms with E-state index in [-0.39, 0.29) is 18.6 Å². The highest BCUT2D eigenvalue weighted by molar-refractivity contribution is 6.30. The number of carbonyl (C=O) groups excluding carboxylic acids is 1. The van der Waals surface area contributed by atoms with E-state index in [0.717, 1.165) is 11.1 Å². The van der Waals surface area contributed by atoms with Gasteiger partial charge in [-0.05, 0) is 55.7 Å². The predicted molar refractivity (Wildman–Crippen MR) is 117 cm³/mol. The Morgan fingerprint density at radius 3 is 2.37 bits per heavy atom. The molecule has 7 heteroatoms. The largest absolute Gasteiger partial charge is 0.493 e. The molecule has 30 heavy (non-hydrogen) atoms. The van der Waals surface area contributed by atoms with Crippen LogP contribution in [-0.4, -0.2) is 45.5 Å². The van der Waals surface area contributed by atoms with Crippen molar-refractivity contribution in [2.24, 2.45) is 0 Å². The Hall–Kier alpha value is -2.28. The van der Waals surface area contributed by atoms with Crippen molar-refractivity contribution in [3.05, 3.63) is 58.6 Å². The zero-order chi connectivity index (χ0) is 21.9. The van der Waals surface area contributed by atoms with Crippen molar-refractivity contribution in [3.8, 4) is 11.5 Å². The first-order valence-corrected chi connectivity index (χ1v) is 10.3. The van der Waals surface area contributed by atoms with E-state index >= 15 is 0 Å². The van der Waals surface area contributed by atoms with Crippen LogP contribution >= 0.6 is 11.6 Å². The summed E-state index contributed by atoms with van der Waals surface area (Å²) in [6, 6.07) is 13.2. The zero-order valence-electron chi connectivity index (χ0n) is 17.9. The van der Waals surface area contributed by atoms with E-state index in [1.165, 1.54) is 7.11 Å². The lowest BCUT2D eigenvalue weighted by atomic mass is 10.1. The third kappa shape index (κ3) is 7.86. The predicted octanol–water partition coefficient (Wildman–Crippen LogP) is 4.03. The number of hydrogen-bond acceptors (Lipinski definition) is 5. The van der Waals surface area contributed by atoms with E-state index in [0.29, 0.717) is 36.1 Å². The normalized spacial score (nSPS) is 11.9. The molecule has 1 atom stereocenters. The maximum atomic E-state index is 12.4. The summed E-state index contributed by atoms with van der Waals surface area (Å²) in [7, 11) is 3.11. The first-order chi connectivity index (χ1) is 14.4. The molecule has 0 aliphatic rings. The van der Waals surface area contributed by atoms with Gasteiger partial charge in [0, 0.05) is 18.7 Å². The van der Waals surface area contributed by atoms with Crippen molar-refractivity contribution in [1.29, 1.82) is 0 Å². The summed E-state index contributed by atoms with van der Waals surface area (Å²) in [4.78, 5) is 12.4. The Balaban J connectivity index is 1.78. The van der Waals surface area contributed by atoms with Gasteiger partial charge in [-0.2, -0.15) is 0 Å². The summed E-state index contributed by atoms with van der Waals surface area (Å²) in [5.74, 6) is 1.18.